The predicted molar refractivity (Wildman–Crippen MR) is 68.3 cm³/mol. The van der Waals surface area contributed by atoms with Crippen molar-refractivity contribution in [2.75, 3.05) is 0 Å². The molecule has 1 aromatic rings. The summed E-state index contributed by atoms with van der Waals surface area (Å²) in [6, 6.07) is 4.35. The van der Waals surface area contributed by atoms with Crippen LogP contribution in [0.1, 0.15) is 23.6 Å². The Hall–Kier alpha value is -0.280. The average molecular weight is 272 g/mol. The van der Waals surface area contributed by atoms with E-state index in [9.17, 15) is 0 Å². The standard InChI is InChI=1S/C11H14BrNS/c1-7-4-10(6-14-9(3)13)5-8(2)11(7)12/h4-5,13H,6H2,1-3H3. The van der Waals surface area contributed by atoms with Crippen LogP contribution in [0.15, 0.2) is 16.6 Å². The zero-order valence-electron chi connectivity index (χ0n) is 8.65. The molecule has 3 heteroatoms. The molecule has 0 unspecified atom stereocenters. The van der Waals surface area contributed by atoms with Crippen LogP contribution in [0, 0.1) is 19.3 Å². The molecule has 0 saturated carbocycles. The second-order valence-corrected chi connectivity index (χ2v) is 5.37. The third-order valence-corrected chi connectivity index (χ3v) is 4.11. The van der Waals surface area contributed by atoms with Gasteiger partial charge in [-0.3, -0.25) is 5.41 Å². The number of hydrogen-bond donors (Lipinski definition) is 1. The van der Waals surface area contributed by atoms with Crippen molar-refractivity contribution < 1.29 is 0 Å². The third kappa shape index (κ3) is 3.14. The molecule has 0 amide bonds. The molecular formula is C11H14BrNS. The van der Waals surface area contributed by atoms with Gasteiger partial charge in [0.05, 0.1) is 5.04 Å². The van der Waals surface area contributed by atoms with Gasteiger partial charge in [0.1, 0.15) is 0 Å². The number of halogens is 1. The van der Waals surface area contributed by atoms with E-state index in [1.54, 1.807) is 11.8 Å². The molecule has 1 rings (SSSR count). The summed E-state index contributed by atoms with van der Waals surface area (Å²) in [4.78, 5) is 0. The Labute approximate surface area is 97.9 Å². The van der Waals surface area contributed by atoms with Gasteiger partial charge >= 0.3 is 0 Å². The summed E-state index contributed by atoms with van der Waals surface area (Å²) >= 11 is 5.12. The van der Waals surface area contributed by atoms with Gasteiger partial charge in [-0.1, -0.05) is 28.1 Å². The van der Waals surface area contributed by atoms with Crippen LogP contribution in [-0.4, -0.2) is 5.04 Å². The van der Waals surface area contributed by atoms with E-state index in [-0.39, 0.29) is 0 Å². The summed E-state index contributed by atoms with van der Waals surface area (Å²) in [5.74, 6) is 0.893. The quantitative estimate of drug-likeness (QED) is 0.630. The summed E-state index contributed by atoms with van der Waals surface area (Å²) < 4.78 is 1.19. The summed E-state index contributed by atoms with van der Waals surface area (Å²) in [5.41, 5.74) is 3.83. The maximum Gasteiger partial charge on any atom is 0.0613 e. The van der Waals surface area contributed by atoms with E-state index in [0.29, 0.717) is 5.04 Å². The molecule has 0 aliphatic rings. The second-order valence-electron chi connectivity index (χ2n) is 3.39. The van der Waals surface area contributed by atoms with Crippen LogP contribution in [0.2, 0.25) is 0 Å². The largest absolute Gasteiger partial charge is 0.299 e. The molecule has 1 nitrogen and oxygen atoms in total. The van der Waals surface area contributed by atoms with Crippen molar-refractivity contribution in [1.82, 2.24) is 0 Å². The highest BCUT2D eigenvalue weighted by atomic mass is 79.9. The van der Waals surface area contributed by atoms with Gasteiger partial charge in [-0.05, 0) is 37.5 Å². The lowest BCUT2D eigenvalue weighted by atomic mass is 10.1. The van der Waals surface area contributed by atoms with E-state index in [1.807, 2.05) is 6.92 Å². The van der Waals surface area contributed by atoms with Crippen molar-refractivity contribution in [3.8, 4) is 0 Å². The lowest BCUT2D eigenvalue weighted by Crippen LogP contribution is -1.89. The first-order chi connectivity index (χ1) is 6.50. The second kappa shape index (κ2) is 4.99. The van der Waals surface area contributed by atoms with Crippen molar-refractivity contribution in [3.05, 3.63) is 33.3 Å². The molecule has 0 atom stereocenters. The minimum absolute atomic E-state index is 0.670. The van der Waals surface area contributed by atoms with E-state index < -0.39 is 0 Å². The Balaban J connectivity index is 2.84. The monoisotopic (exact) mass is 271 g/mol. The average Bonchev–Trinajstić information content (AvgIpc) is 2.10. The Bertz CT molecular complexity index is 337. The number of rotatable bonds is 2. The van der Waals surface area contributed by atoms with Crippen LogP contribution in [0.5, 0.6) is 0 Å². The molecule has 0 fully saturated rings. The first-order valence-corrected chi connectivity index (χ1v) is 6.22. The van der Waals surface area contributed by atoms with Gasteiger partial charge in [-0.25, -0.2) is 0 Å². The van der Waals surface area contributed by atoms with Crippen LogP contribution >= 0.6 is 27.7 Å². The predicted octanol–water partition coefficient (Wildman–Crippen LogP) is 4.30. The van der Waals surface area contributed by atoms with Crippen molar-refractivity contribution in [3.63, 3.8) is 0 Å². The lowest BCUT2D eigenvalue weighted by molar-refractivity contribution is 1.27. The normalized spacial score (nSPS) is 10.3. The van der Waals surface area contributed by atoms with Gasteiger partial charge < -0.3 is 0 Å². The highest BCUT2D eigenvalue weighted by Crippen LogP contribution is 2.24. The van der Waals surface area contributed by atoms with E-state index in [4.69, 9.17) is 5.41 Å². The molecule has 1 N–H and O–H groups in total. The maximum absolute atomic E-state index is 7.35. The van der Waals surface area contributed by atoms with Crippen LogP contribution < -0.4 is 0 Å². The molecule has 0 aromatic heterocycles. The summed E-state index contributed by atoms with van der Waals surface area (Å²) in [5, 5.41) is 8.02. The van der Waals surface area contributed by atoms with Crippen molar-refractivity contribution >= 4 is 32.7 Å². The first-order valence-electron chi connectivity index (χ1n) is 4.44. The Kier molecular flexibility index (Phi) is 4.20. The van der Waals surface area contributed by atoms with Gasteiger partial charge in [-0.15, -0.1) is 11.8 Å². The maximum atomic E-state index is 7.35. The zero-order valence-corrected chi connectivity index (χ0v) is 11.1. The molecule has 0 aliphatic heterocycles. The topological polar surface area (TPSA) is 23.9 Å². The highest BCUT2D eigenvalue weighted by molar-refractivity contribution is 9.10. The molecule has 76 valence electrons. The Morgan fingerprint density at radius 3 is 2.29 bits per heavy atom. The number of thioether (sulfide) groups is 1. The fraction of sp³-hybridized carbons (Fsp3) is 0.364. The summed E-state index contributed by atoms with van der Waals surface area (Å²) in [6.45, 7) is 6.02. The number of aryl methyl sites for hydroxylation is 2. The molecule has 0 saturated heterocycles. The van der Waals surface area contributed by atoms with Crippen LogP contribution in [0.3, 0.4) is 0 Å². The van der Waals surface area contributed by atoms with Gasteiger partial charge in [0, 0.05) is 10.2 Å². The van der Waals surface area contributed by atoms with Crippen LogP contribution in [0.4, 0.5) is 0 Å². The molecule has 0 aliphatic carbocycles. The highest BCUT2D eigenvalue weighted by Gasteiger charge is 2.02. The van der Waals surface area contributed by atoms with E-state index in [0.717, 1.165) is 5.75 Å². The summed E-state index contributed by atoms with van der Waals surface area (Å²) in [6.07, 6.45) is 0. The SMILES string of the molecule is CC(=N)SCc1cc(C)c(Br)c(C)c1. The van der Waals surface area contributed by atoms with Gasteiger partial charge in [0.15, 0.2) is 0 Å². The number of benzene rings is 1. The Morgan fingerprint density at radius 2 is 1.86 bits per heavy atom. The molecule has 1 aromatic carbocycles. The molecular weight excluding hydrogens is 258 g/mol. The van der Waals surface area contributed by atoms with E-state index in [1.165, 1.54) is 21.2 Å². The van der Waals surface area contributed by atoms with E-state index >= 15 is 0 Å². The van der Waals surface area contributed by atoms with Gasteiger partial charge in [0.25, 0.3) is 0 Å². The Morgan fingerprint density at radius 1 is 1.36 bits per heavy atom. The third-order valence-electron chi connectivity index (χ3n) is 1.95. The van der Waals surface area contributed by atoms with Crippen LogP contribution in [0.25, 0.3) is 0 Å². The number of nitrogens with one attached hydrogen (secondary N) is 1. The van der Waals surface area contributed by atoms with Crippen molar-refractivity contribution in [2.24, 2.45) is 0 Å². The lowest BCUT2D eigenvalue weighted by Gasteiger charge is -2.07. The smallest absolute Gasteiger partial charge is 0.0613 e. The minimum Gasteiger partial charge on any atom is -0.299 e. The summed E-state index contributed by atoms with van der Waals surface area (Å²) in [7, 11) is 0. The van der Waals surface area contributed by atoms with Crippen molar-refractivity contribution in [2.45, 2.75) is 26.5 Å². The van der Waals surface area contributed by atoms with Gasteiger partial charge in [-0.2, -0.15) is 0 Å². The molecule has 0 heterocycles. The molecule has 0 radical (unpaired) electrons. The molecule has 0 bridgehead atoms. The van der Waals surface area contributed by atoms with Crippen LogP contribution in [-0.2, 0) is 5.75 Å². The zero-order chi connectivity index (χ0) is 10.7. The fourth-order valence-corrected chi connectivity index (χ4v) is 2.09. The molecule has 0 spiro atoms. The molecule has 14 heavy (non-hydrogen) atoms. The fourth-order valence-electron chi connectivity index (χ4n) is 1.31. The van der Waals surface area contributed by atoms with Crippen molar-refractivity contribution in [1.29, 1.82) is 5.41 Å². The van der Waals surface area contributed by atoms with Gasteiger partial charge in [0.2, 0.25) is 0 Å². The number of hydrogen-bond acceptors (Lipinski definition) is 2. The minimum atomic E-state index is 0.670. The first kappa shape index (κ1) is 11.8. The van der Waals surface area contributed by atoms with E-state index in [2.05, 4.69) is 41.9 Å².